The molecule has 4 heterocycles. The normalized spacial score (nSPS) is 14.8. The van der Waals surface area contributed by atoms with E-state index in [1.165, 1.54) is 35.7 Å². The lowest BCUT2D eigenvalue weighted by molar-refractivity contribution is 0.722. The molecule has 184 valence electrons. The first-order valence-corrected chi connectivity index (χ1v) is 13.6. The summed E-state index contributed by atoms with van der Waals surface area (Å²) in [4.78, 5) is 44.0. The highest BCUT2D eigenvalue weighted by molar-refractivity contribution is 7.98. The summed E-state index contributed by atoms with van der Waals surface area (Å²) < 4.78 is 3.42. The predicted octanol–water partition coefficient (Wildman–Crippen LogP) is 4.22. The highest BCUT2D eigenvalue weighted by Gasteiger charge is 2.28. The number of aromatic nitrogens is 6. The molecule has 2 fully saturated rings. The molecule has 2 N–H and O–H groups in total. The first-order chi connectivity index (χ1) is 17.4. The summed E-state index contributed by atoms with van der Waals surface area (Å²) in [5.41, 5.74) is 16.1. The highest BCUT2D eigenvalue weighted by Crippen LogP contribution is 2.37. The number of nitrogens with two attached hydrogens (primary N) is 1. The maximum atomic E-state index is 12.1. The van der Waals surface area contributed by atoms with Crippen LogP contribution in [-0.2, 0) is 0 Å². The quantitative estimate of drug-likeness (QED) is 0.132. The van der Waals surface area contributed by atoms with E-state index in [1.807, 2.05) is 12.5 Å². The minimum atomic E-state index is -0.178. The van der Waals surface area contributed by atoms with Crippen molar-refractivity contribution in [1.29, 1.82) is 0 Å². The zero-order valence-corrected chi connectivity index (χ0v) is 21.2. The second kappa shape index (κ2) is 9.80. The molecular formula is C22H22N10O2S2. The van der Waals surface area contributed by atoms with Gasteiger partial charge in [-0.25, -0.2) is 19.9 Å². The topological polar surface area (TPSA) is 170 Å². The fourth-order valence-corrected chi connectivity index (χ4v) is 4.59. The Morgan fingerprint density at radius 1 is 0.917 bits per heavy atom. The van der Waals surface area contributed by atoms with Gasteiger partial charge < -0.3 is 5.73 Å². The Kier molecular flexibility index (Phi) is 6.56. The van der Waals surface area contributed by atoms with Crippen LogP contribution in [0.5, 0.6) is 0 Å². The number of hydrogen-bond donors (Lipinski definition) is 1. The molecule has 0 radical (unpaired) electrons. The number of azide groups is 1. The molecule has 0 amide bonds. The number of nitrogens with zero attached hydrogens (tertiary/aromatic N) is 9. The number of fused-ring (bicyclic) bond motifs is 2. The summed E-state index contributed by atoms with van der Waals surface area (Å²) in [5.74, 6) is 0. The average molecular weight is 523 g/mol. The van der Waals surface area contributed by atoms with E-state index in [9.17, 15) is 9.59 Å². The SMILES string of the molecule is CSc1ncc2c(N)cc(=O)n(C3CC3)c2n1.CSc1ncc2c(N=[N+]=[N-])cc(=O)n(C3CC3)c2n1. The summed E-state index contributed by atoms with van der Waals surface area (Å²) in [6.45, 7) is 0. The standard InChI is InChI=1S/C11H10N6OS.C11H12N4OS/c1-19-11-13-5-7-8(15-16-12)4-9(18)17(6-2-3-6)10(7)14-11;1-17-11-13-5-7-8(12)4-9(16)15(6-2-3-6)10(7)14-11/h4-6H,2-3H2,1H3;4-6H,2-3,12H2,1H3. The van der Waals surface area contributed by atoms with Crippen molar-refractivity contribution in [1.82, 2.24) is 29.1 Å². The van der Waals surface area contributed by atoms with Gasteiger partial charge in [-0.1, -0.05) is 28.6 Å². The molecule has 12 nitrogen and oxygen atoms in total. The maximum absolute atomic E-state index is 12.1. The molecule has 2 saturated carbocycles. The number of anilines is 1. The molecule has 0 spiro atoms. The van der Waals surface area contributed by atoms with Gasteiger partial charge in [0.2, 0.25) is 0 Å². The third-order valence-electron chi connectivity index (χ3n) is 5.89. The van der Waals surface area contributed by atoms with E-state index in [0.29, 0.717) is 32.7 Å². The van der Waals surface area contributed by atoms with Gasteiger partial charge in [0.05, 0.1) is 11.1 Å². The van der Waals surface area contributed by atoms with Crippen LogP contribution in [0.25, 0.3) is 32.5 Å². The van der Waals surface area contributed by atoms with E-state index >= 15 is 0 Å². The van der Waals surface area contributed by atoms with Gasteiger partial charge in [0.1, 0.15) is 11.3 Å². The van der Waals surface area contributed by atoms with Crippen molar-refractivity contribution in [2.45, 2.75) is 48.1 Å². The molecular weight excluding hydrogens is 500 g/mol. The molecule has 0 bridgehead atoms. The van der Waals surface area contributed by atoms with Crippen LogP contribution in [0.4, 0.5) is 11.4 Å². The fourth-order valence-electron chi connectivity index (χ4n) is 3.92. The summed E-state index contributed by atoms with van der Waals surface area (Å²) in [6.07, 6.45) is 11.1. The number of nitrogen functional groups attached to an aromatic ring is 1. The van der Waals surface area contributed by atoms with E-state index in [2.05, 4.69) is 30.0 Å². The van der Waals surface area contributed by atoms with Crippen LogP contribution < -0.4 is 16.9 Å². The lowest BCUT2D eigenvalue weighted by Crippen LogP contribution is -2.20. The second-order valence-corrected chi connectivity index (χ2v) is 9.93. The molecule has 14 heteroatoms. The molecule has 4 aromatic heterocycles. The molecule has 0 atom stereocenters. The molecule has 4 aromatic rings. The predicted molar refractivity (Wildman–Crippen MR) is 141 cm³/mol. The van der Waals surface area contributed by atoms with Crippen molar-refractivity contribution in [3.05, 3.63) is 55.7 Å². The van der Waals surface area contributed by atoms with Crippen LogP contribution in [0.3, 0.4) is 0 Å². The van der Waals surface area contributed by atoms with Crippen LogP contribution in [0, 0.1) is 0 Å². The van der Waals surface area contributed by atoms with Gasteiger partial charge in [-0.2, -0.15) is 0 Å². The Morgan fingerprint density at radius 3 is 1.92 bits per heavy atom. The summed E-state index contributed by atoms with van der Waals surface area (Å²) in [6, 6.07) is 3.31. The molecule has 2 aliphatic carbocycles. The lowest BCUT2D eigenvalue weighted by atomic mass is 10.3. The van der Waals surface area contributed by atoms with Gasteiger partial charge in [0.15, 0.2) is 10.3 Å². The van der Waals surface area contributed by atoms with E-state index in [0.717, 1.165) is 31.1 Å². The number of pyridine rings is 2. The number of thioether (sulfide) groups is 2. The van der Waals surface area contributed by atoms with Crippen LogP contribution in [0.2, 0.25) is 0 Å². The van der Waals surface area contributed by atoms with Gasteiger partial charge in [-0.15, -0.1) is 0 Å². The zero-order valence-electron chi connectivity index (χ0n) is 19.5. The third kappa shape index (κ3) is 4.62. The van der Waals surface area contributed by atoms with Crippen LogP contribution >= 0.6 is 23.5 Å². The Hall–Kier alpha value is -3.61. The average Bonchev–Trinajstić information content (AvgIpc) is 3.79. The van der Waals surface area contributed by atoms with Crippen molar-refractivity contribution in [3.8, 4) is 0 Å². The van der Waals surface area contributed by atoms with E-state index < -0.39 is 0 Å². The fraction of sp³-hybridized carbons (Fsp3) is 0.364. The Labute approximate surface area is 213 Å². The van der Waals surface area contributed by atoms with Crippen LogP contribution in [0.15, 0.2) is 49.5 Å². The smallest absolute Gasteiger partial charge is 0.254 e. The molecule has 6 rings (SSSR count). The van der Waals surface area contributed by atoms with Crippen molar-refractivity contribution in [2.24, 2.45) is 5.11 Å². The molecule has 2 aliphatic rings. The summed E-state index contributed by atoms with van der Waals surface area (Å²) >= 11 is 2.87. The Morgan fingerprint density at radius 2 is 1.42 bits per heavy atom. The monoisotopic (exact) mass is 522 g/mol. The van der Waals surface area contributed by atoms with Crippen LogP contribution in [0.1, 0.15) is 37.8 Å². The summed E-state index contributed by atoms with van der Waals surface area (Å²) in [7, 11) is 0. The first-order valence-electron chi connectivity index (χ1n) is 11.2. The zero-order chi connectivity index (χ0) is 25.4. The molecule has 0 saturated heterocycles. The second-order valence-electron chi connectivity index (χ2n) is 8.39. The van der Waals surface area contributed by atoms with Gasteiger partial charge in [0, 0.05) is 52.6 Å². The molecule has 0 aromatic carbocycles. The maximum Gasteiger partial charge on any atom is 0.254 e. The minimum absolute atomic E-state index is 0.0664. The van der Waals surface area contributed by atoms with Gasteiger partial charge >= 0.3 is 0 Å². The Bertz CT molecular complexity index is 1650. The Balaban J connectivity index is 0.000000149. The van der Waals surface area contributed by atoms with Gasteiger partial charge in [0.25, 0.3) is 11.1 Å². The lowest BCUT2D eigenvalue weighted by Gasteiger charge is -2.10. The number of rotatable bonds is 5. The third-order valence-corrected chi connectivity index (χ3v) is 7.02. The largest absolute Gasteiger partial charge is 0.398 e. The van der Waals surface area contributed by atoms with E-state index in [-0.39, 0.29) is 28.9 Å². The highest BCUT2D eigenvalue weighted by atomic mass is 32.2. The number of hydrogen-bond acceptors (Lipinski definition) is 10. The summed E-state index contributed by atoms with van der Waals surface area (Å²) in [5, 5.41) is 6.18. The van der Waals surface area contributed by atoms with E-state index in [1.54, 1.807) is 21.5 Å². The van der Waals surface area contributed by atoms with Crippen molar-refractivity contribution in [3.63, 3.8) is 0 Å². The molecule has 0 unspecified atom stereocenters. The van der Waals surface area contributed by atoms with Crippen LogP contribution in [-0.4, -0.2) is 41.6 Å². The van der Waals surface area contributed by atoms with Gasteiger partial charge in [-0.3, -0.25) is 18.7 Å². The van der Waals surface area contributed by atoms with Crippen molar-refractivity contribution < 1.29 is 0 Å². The minimum Gasteiger partial charge on any atom is -0.398 e. The van der Waals surface area contributed by atoms with Gasteiger partial charge in [-0.05, 0) is 43.7 Å². The van der Waals surface area contributed by atoms with Crippen molar-refractivity contribution in [2.75, 3.05) is 18.2 Å². The molecule has 36 heavy (non-hydrogen) atoms. The van der Waals surface area contributed by atoms with E-state index in [4.69, 9.17) is 11.3 Å². The first kappa shape index (κ1) is 24.1. The molecule has 0 aliphatic heterocycles. The van der Waals surface area contributed by atoms with Crippen molar-refractivity contribution >= 4 is 57.0 Å².